The van der Waals surface area contributed by atoms with Gasteiger partial charge in [-0.25, -0.2) is 0 Å². The molecule has 1 heteroatoms. The molecule has 10 aromatic rings. The van der Waals surface area contributed by atoms with Gasteiger partial charge in [0.05, 0.1) is 5.69 Å². The third-order valence-electron chi connectivity index (χ3n) is 10.8. The van der Waals surface area contributed by atoms with Crippen molar-refractivity contribution in [1.82, 2.24) is 0 Å². The molecule has 0 saturated heterocycles. The smallest absolute Gasteiger partial charge is 0.0540 e. The second-order valence-corrected chi connectivity index (χ2v) is 14.1. The molecule has 1 nitrogen and oxygen atoms in total. The number of fused-ring (bicyclic) bond motifs is 4. The Labute approximate surface area is 322 Å². The average molecular weight is 700 g/mol. The van der Waals surface area contributed by atoms with E-state index in [4.69, 9.17) is 0 Å². The molecule has 0 aliphatic heterocycles. The standard InChI is InChI=1S/C54H37N/c1-3-15-39(16-4-1)50-33-32-48(37-52(50)40-17-5-2-6-18-40)55(47-31-30-42-28-27-41-19-9-10-23-49(41)53(42)36-47)54-25-12-11-24-51(54)46-22-13-21-44(35-46)45-29-26-38-14-7-8-20-43(38)34-45/h1-37H. The van der Waals surface area contributed by atoms with Crippen LogP contribution in [-0.2, 0) is 0 Å². The quantitative estimate of drug-likeness (QED) is 0.150. The summed E-state index contributed by atoms with van der Waals surface area (Å²) in [5.74, 6) is 0. The van der Waals surface area contributed by atoms with Gasteiger partial charge >= 0.3 is 0 Å². The summed E-state index contributed by atoms with van der Waals surface area (Å²) in [6, 6.07) is 81.6. The van der Waals surface area contributed by atoms with Gasteiger partial charge in [-0.15, -0.1) is 0 Å². The van der Waals surface area contributed by atoms with Crippen molar-refractivity contribution < 1.29 is 0 Å². The van der Waals surface area contributed by atoms with Gasteiger partial charge in [0.1, 0.15) is 0 Å². The zero-order valence-electron chi connectivity index (χ0n) is 30.3. The van der Waals surface area contributed by atoms with Crippen molar-refractivity contribution in [3.8, 4) is 44.5 Å². The van der Waals surface area contributed by atoms with Crippen molar-refractivity contribution in [2.75, 3.05) is 4.90 Å². The van der Waals surface area contributed by atoms with Gasteiger partial charge in [0.25, 0.3) is 0 Å². The lowest BCUT2D eigenvalue weighted by Crippen LogP contribution is -2.11. The molecule has 0 heterocycles. The molecule has 0 saturated carbocycles. The SMILES string of the molecule is c1ccc(-c2ccc(N(c3ccc4ccc5ccccc5c4c3)c3ccccc3-c3cccc(-c4ccc5ccccc5c4)c3)cc2-c2ccccc2)cc1. The summed E-state index contributed by atoms with van der Waals surface area (Å²) in [4.78, 5) is 2.44. The summed E-state index contributed by atoms with van der Waals surface area (Å²) < 4.78 is 0. The van der Waals surface area contributed by atoms with Crippen LogP contribution in [0, 0.1) is 0 Å². The van der Waals surface area contributed by atoms with E-state index in [-0.39, 0.29) is 0 Å². The van der Waals surface area contributed by atoms with Crippen LogP contribution in [0.3, 0.4) is 0 Å². The summed E-state index contributed by atoms with van der Waals surface area (Å²) in [6.07, 6.45) is 0. The highest BCUT2D eigenvalue weighted by Crippen LogP contribution is 2.45. The lowest BCUT2D eigenvalue weighted by Gasteiger charge is -2.29. The Morgan fingerprint density at radius 1 is 0.236 bits per heavy atom. The van der Waals surface area contributed by atoms with Gasteiger partial charge < -0.3 is 4.90 Å². The molecule has 55 heavy (non-hydrogen) atoms. The third kappa shape index (κ3) is 6.12. The highest BCUT2D eigenvalue weighted by atomic mass is 15.1. The number of rotatable bonds is 7. The number of anilines is 3. The number of hydrogen-bond acceptors (Lipinski definition) is 1. The van der Waals surface area contributed by atoms with Crippen LogP contribution < -0.4 is 4.90 Å². The molecule has 10 rings (SSSR count). The summed E-state index contributed by atoms with van der Waals surface area (Å²) >= 11 is 0. The largest absolute Gasteiger partial charge is 0.310 e. The summed E-state index contributed by atoms with van der Waals surface area (Å²) in [6.45, 7) is 0. The van der Waals surface area contributed by atoms with E-state index in [2.05, 4.69) is 229 Å². The normalized spacial score (nSPS) is 11.3. The Bertz CT molecular complexity index is 2980. The highest BCUT2D eigenvalue weighted by molar-refractivity contribution is 6.09. The monoisotopic (exact) mass is 699 g/mol. The molecule has 258 valence electrons. The fourth-order valence-electron chi connectivity index (χ4n) is 8.10. The Hall–Kier alpha value is -7.22. The maximum absolute atomic E-state index is 2.44. The lowest BCUT2D eigenvalue weighted by atomic mass is 9.93. The van der Waals surface area contributed by atoms with E-state index in [1.807, 2.05) is 0 Å². The first-order valence-electron chi connectivity index (χ1n) is 18.9. The predicted octanol–water partition coefficient (Wildman–Crippen LogP) is 15.3. The van der Waals surface area contributed by atoms with Crippen molar-refractivity contribution in [3.05, 3.63) is 224 Å². The third-order valence-corrected chi connectivity index (χ3v) is 10.8. The fourth-order valence-corrected chi connectivity index (χ4v) is 8.10. The molecule has 0 atom stereocenters. The Morgan fingerprint density at radius 2 is 0.782 bits per heavy atom. The van der Waals surface area contributed by atoms with E-state index in [1.165, 1.54) is 71.3 Å². The first kappa shape index (κ1) is 32.4. The fraction of sp³-hybridized carbons (Fsp3) is 0. The van der Waals surface area contributed by atoms with Gasteiger partial charge in [-0.3, -0.25) is 0 Å². The van der Waals surface area contributed by atoms with Gasteiger partial charge in [-0.1, -0.05) is 182 Å². The Morgan fingerprint density at radius 3 is 1.60 bits per heavy atom. The van der Waals surface area contributed by atoms with E-state index < -0.39 is 0 Å². The second-order valence-electron chi connectivity index (χ2n) is 14.1. The highest BCUT2D eigenvalue weighted by Gasteiger charge is 2.20. The molecule has 0 radical (unpaired) electrons. The zero-order valence-corrected chi connectivity index (χ0v) is 30.3. The minimum absolute atomic E-state index is 1.09. The summed E-state index contributed by atoms with van der Waals surface area (Å²) in [5, 5.41) is 7.45. The van der Waals surface area contributed by atoms with Gasteiger partial charge in [-0.05, 0) is 114 Å². The van der Waals surface area contributed by atoms with Crippen LogP contribution >= 0.6 is 0 Å². The maximum atomic E-state index is 2.44. The Balaban J connectivity index is 1.19. The molecule has 0 N–H and O–H groups in total. The first-order chi connectivity index (χ1) is 27.3. The van der Waals surface area contributed by atoms with E-state index in [0.29, 0.717) is 0 Å². The van der Waals surface area contributed by atoms with Crippen LogP contribution in [0.2, 0.25) is 0 Å². The Kier molecular flexibility index (Phi) is 8.24. The van der Waals surface area contributed by atoms with Crippen molar-refractivity contribution in [1.29, 1.82) is 0 Å². The lowest BCUT2D eigenvalue weighted by molar-refractivity contribution is 1.29. The number of hydrogen-bond donors (Lipinski definition) is 0. The summed E-state index contributed by atoms with van der Waals surface area (Å²) in [7, 11) is 0. The number of para-hydroxylation sites is 1. The molecule has 0 unspecified atom stereocenters. The van der Waals surface area contributed by atoms with Crippen LogP contribution in [0.4, 0.5) is 17.1 Å². The van der Waals surface area contributed by atoms with Gasteiger partial charge in [0, 0.05) is 16.9 Å². The number of nitrogens with zero attached hydrogens (tertiary/aromatic N) is 1. The van der Waals surface area contributed by atoms with Crippen LogP contribution in [0.15, 0.2) is 224 Å². The molecule has 0 aromatic heterocycles. The zero-order chi connectivity index (χ0) is 36.6. The minimum atomic E-state index is 1.09. The van der Waals surface area contributed by atoms with E-state index in [1.54, 1.807) is 0 Å². The molecule has 0 spiro atoms. The van der Waals surface area contributed by atoms with Crippen LogP contribution in [0.1, 0.15) is 0 Å². The van der Waals surface area contributed by atoms with Gasteiger partial charge in [-0.2, -0.15) is 0 Å². The topological polar surface area (TPSA) is 3.24 Å². The van der Waals surface area contributed by atoms with Crippen molar-refractivity contribution in [2.45, 2.75) is 0 Å². The molecule has 0 aliphatic carbocycles. The molecule has 0 bridgehead atoms. The van der Waals surface area contributed by atoms with Crippen LogP contribution in [0.5, 0.6) is 0 Å². The molecule has 0 aliphatic rings. The van der Waals surface area contributed by atoms with Crippen LogP contribution in [-0.4, -0.2) is 0 Å². The van der Waals surface area contributed by atoms with Crippen molar-refractivity contribution >= 4 is 49.4 Å². The van der Waals surface area contributed by atoms with E-state index in [9.17, 15) is 0 Å². The first-order valence-corrected chi connectivity index (χ1v) is 18.9. The van der Waals surface area contributed by atoms with Crippen molar-refractivity contribution in [2.24, 2.45) is 0 Å². The van der Waals surface area contributed by atoms with Gasteiger partial charge in [0.15, 0.2) is 0 Å². The number of benzene rings is 10. The average Bonchev–Trinajstić information content (AvgIpc) is 3.27. The molecular weight excluding hydrogens is 663 g/mol. The maximum Gasteiger partial charge on any atom is 0.0540 e. The van der Waals surface area contributed by atoms with Crippen molar-refractivity contribution in [3.63, 3.8) is 0 Å². The summed E-state index contributed by atoms with van der Waals surface area (Å²) in [5.41, 5.74) is 12.8. The van der Waals surface area contributed by atoms with E-state index >= 15 is 0 Å². The molecule has 10 aromatic carbocycles. The second kappa shape index (κ2) is 14.0. The van der Waals surface area contributed by atoms with E-state index in [0.717, 1.165) is 22.6 Å². The van der Waals surface area contributed by atoms with Crippen LogP contribution in [0.25, 0.3) is 76.8 Å². The molecular formula is C54H37N. The minimum Gasteiger partial charge on any atom is -0.310 e. The van der Waals surface area contributed by atoms with Gasteiger partial charge in [0.2, 0.25) is 0 Å². The predicted molar refractivity (Wildman–Crippen MR) is 235 cm³/mol. The molecule has 0 amide bonds. The molecule has 0 fully saturated rings.